The lowest BCUT2D eigenvalue weighted by atomic mass is 10.2. The third-order valence-electron chi connectivity index (χ3n) is 4.31. The summed E-state index contributed by atoms with van der Waals surface area (Å²) in [5.41, 5.74) is 0.267. The average Bonchev–Trinajstić information content (AvgIpc) is 2.95. The van der Waals surface area contributed by atoms with Crippen LogP contribution < -0.4 is 10.6 Å². The molecule has 1 aliphatic heterocycles. The SMILES string of the molecule is COCCCNC(=O)C(=O)Nc1cccc(S(=O)(=O)N2CCCCCC2)c1. The van der Waals surface area contributed by atoms with Gasteiger partial charge in [-0.25, -0.2) is 8.42 Å². The molecular weight excluding hydrogens is 370 g/mol. The number of nitrogens with zero attached hydrogens (tertiary/aromatic N) is 1. The van der Waals surface area contributed by atoms with Crippen LogP contribution in [-0.2, 0) is 24.3 Å². The van der Waals surface area contributed by atoms with Gasteiger partial charge in [-0.2, -0.15) is 4.31 Å². The number of carbonyl (C=O) groups is 2. The van der Waals surface area contributed by atoms with Gasteiger partial charge in [0.2, 0.25) is 10.0 Å². The van der Waals surface area contributed by atoms with E-state index < -0.39 is 21.8 Å². The molecule has 2 amide bonds. The normalized spacial score (nSPS) is 15.7. The van der Waals surface area contributed by atoms with Crippen molar-refractivity contribution >= 4 is 27.5 Å². The summed E-state index contributed by atoms with van der Waals surface area (Å²) < 4.78 is 32.0. The molecule has 0 unspecified atom stereocenters. The summed E-state index contributed by atoms with van der Waals surface area (Å²) in [4.78, 5) is 23.9. The predicted octanol–water partition coefficient (Wildman–Crippen LogP) is 1.34. The van der Waals surface area contributed by atoms with Crippen LogP contribution in [0.25, 0.3) is 0 Å². The summed E-state index contributed by atoms with van der Waals surface area (Å²) >= 11 is 0. The fraction of sp³-hybridized carbons (Fsp3) is 0.556. The van der Waals surface area contributed by atoms with Gasteiger partial charge >= 0.3 is 11.8 Å². The molecular formula is C18H27N3O5S. The first-order valence-corrected chi connectivity index (χ1v) is 10.6. The first kappa shape index (κ1) is 21.3. The molecule has 2 N–H and O–H groups in total. The van der Waals surface area contributed by atoms with Gasteiger partial charge < -0.3 is 15.4 Å². The zero-order valence-corrected chi connectivity index (χ0v) is 16.4. The van der Waals surface area contributed by atoms with E-state index in [-0.39, 0.29) is 10.6 Å². The molecule has 0 bridgehead atoms. The number of benzene rings is 1. The second kappa shape index (κ2) is 10.4. The molecule has 0 spiro atoms. The molecule has 150 valence electrons. The molecule has 8 nitrogen and oxygen atoms in total. The van der Waals surface area contributed by atoms with E-state index in [1.165, 1.54) is 16.4 Å². The second-order valence-corrected chi connectivity index (χ2v) is 8.34. The molecule has 1 aromatic carbocycles. The minimum Gasteiger partial charge on any atom is -0.385 e. The van der Waals surface area contributed by atoms with E-state index >= 15 is 0 Å². The summed E-state index contributed by atoms with van der Waals surface area (Å²) in [7, 11) is -2.06. The summed E-state index contributed by atoms with van der Waals surface area (Å²) in [6.07, 6.45) is 4.35. The Kier molecular flexibility index (Phi) is 8.21. The number of hydrogen-bond acceptors (Lipinski definition) is 5. The number of anilines is 1. The van der Waals surface area contributed by atoms with Gasteiger partial charge in [-0.3, -0.25) is 9.59 Å². The minimum atomic E-state index is -3.62. The third kappa shape index (κ3) is 6.30. The zero-order valence-electron chi connectivity index (χ0n) is 15.6. The maximum Gasteiger partial charge on any atom is 0.313 e. The van der Waals surface area contributed by atoms with Crippen LogP contribution in [0.3, 0.4) is 0 Å². The van der Waals surface area contributed by atoms with E-state index in [9.17, 15) is 18.0 Å². The van der Waals surface area contributed by atoms with Crippen molar-refractivity contribution in [2.45, 2.75) is 37.0 Å². The van der Waals surface area contributed by atoms with Crippen LogP contribution in [0.1, 0.15) is 32.1 Å². The van der Waals surface area contributed by atoms with Crippen LogP contribution in [0.5, 0.6) is 0 Å². The van der Waals surface area contributed by atoms with Crippen LogP contribution in [0.15, 0.2) is 29.2 Å². The van der Waals surface area contributed by atoms with Gasteiger partial charge in [0.1, 0.15) is 0 Å². The monoisotopic (exact) mass is 397 g/mol. The molecule has 0 aliphatic carbocycles. The fourth-order valence-corrected chi connectivity index (χ4v) is 4.42. The number of methoxy groups -OCH3 is 1. The van der Waals surface area contributed by atoms with Crippen molar-refractivity contribution in [1.82, 2.24) is 9.62 Å². The standard InChI is InChI=1S/C18H27N3O5S/c1-26-13-7-10-19-17(22)18(23)20-15-8-6-9-16(14-15)27(24,25)21-11-4-2-3-5-12-21/h6,8-9,14H,2-5,7,10-13H2,1H3,(H,19,22)(H,20,23). The number of hydrogen-bond donors (Lipinski definition) is 2. The largest absolute Gasteiger partial charge is 0.385 e. The Bertz CT molecular complexity index is 743. The Morgan fingerprint density at radius 2 is 1.81 bits per heavy atom. The van der Waals surface area contributed by atoms with Crippen molar-refractivity contribution in [3.63, 3.8) is 0 Å². The van der Waals surface area contributed by atoms with Crippen LogP contribution in [-0.4, -0.2) is 57.9 Å². The van der Waals surface area contributed by atoms with E-state index in [2.05, 4.69) is 10.6 Å². The second-order valence-electron chi connectivity index (χ2n) is 6.40. The summed E-state index contributed by atoms with van der Waals surface area (Å²) in [6, 6.07) is 5.99. The van der Waals surface area contributed by atoms with Crippen LogP contribution >= 0.6 is 0 Å². The van der Waals surface area contributed by atoms with Crippen molar-refractivity contribution in [2.24, 2.45) is 0 Å². The Morgan fingerprint density at radius 3 is 2.48 bits per heavy atom. The molecule has 1 aromatic rings. The molecule has 9 heteroatoms. The minimum absolute atomic E-state index is 0.114. The molecule has 0 saturated carbocycles. The lowest BCUT2D eigenvalue weighted by molar-refractivity contribution is -0.136. The number of amides is 2. The molecule has 1 fully saturated rings. The Morgan fingerprint density at radius 1 is 1.11 bits per heavy atom. The Balaban J connectivity index is 2.01. The predicted molar refractivity (Wildman–Crippen MR) is 102 cm³/mol. The van der Waals surface area contributed by atoms with Gasteiger partial charge in [0.05, 0.1) is 4.90 Å². The molecule has 1 saturated heterocycles. The van der Waals surface area contributed by atoms with Crippen molar-refractivity contribution in [3.05, 3.63) is 24.3 Å². The van der Waals surface area contributed by atoms with Gasteiger partial charge in [0.15, 0.2) is 0 Å². The fourth-order valence-electron chi connectivity index (χ4n) is 2.85. The highest BCUT2D eigenvalue weighted by Crippen LogP contribution is 2.22. The molecule has 2 rings (SSSR count). The van der Waals surface area contributed by atoms with E-state index in [1.807, 2.05) is 0 Å². The van der Waals surface area contributed by atoms with Crippen molar-refractivity contribution in [3.8, 4) is 0 Å². The van der Waals surface area contributed by atoms with Gasteiger partial charge in [-0.05, 0) is 37.5 Å². The maximum absolute atomic E-state index is 12.8. The molecule has 0 atom stereocenters. The highest BCUT2D eigenvalue weighted by molar-refractivity contribution is 7.89. The van der Waals surface area contributed by atoms with Crippen LogP contribution in [0.2, 0.25) is 0 Å². The zero-order chi connectivity index (χ0) is 19.7. The highest BCUT2D eigenvalue weighted by atomic mass is 32.2. The number of ether oxygens (including phenoxy) is 1. The Hall–Kier alpha value is -1.97. The van der Waals surface area contributed by atoms with Crippen molar-refractivity contribution < 1.29 is 22.7 Å². The lowest BCUT2D eigenvalue weighted by Crippen LogP contribution is -2.36. The van der Waals surface area contributed by atoms with Crippen molar-refractivity contribution in [2.75, 3.05) is 38.7 Å². The van der Waals surface area contributed by atoms with Gasteiger partial charge in [-0.1, -0.05) is 18.9 Å². The quantitative estimate of drug-likeness (QED) is 0.534. The molecule has 27 heavy (non-hydrogen) atoms. The molecule has 1 heterocycles. The molecule has 0 aromatic heterocycles. The maximum atomic E-state index is 12.8. The van der Waals surface area contributed by atoms with E-state index in [1.54, 1.807) is 19.2 Å². The number of sulfonamides is 1. The van der Waals surface area contributed by atoms with E-state index in [0.717, 1.165) is 25.7 Å². The van der Waals surface area contributed by atoms with Crippen LogP contribution in [0.4, 0.5) is 5.69 Å². The summed E-state index contributed by atoms with van der Waals surface area (Å²) in [6.45, 7) is 1.81. The Labute approximate surface area is 160 Å². The first-order chi connectivity index (χ1) is 12.9. The van der Waals surface area contributed by atoms with Crippen molar-refractivity contribution in [1.29, 1.82) is 0 Å². The summed E-state index contributed by atoms with van der Waals surface area (Å²) in [5, 5.41) is 4.93. The number of carbonyl (C=O) groups excluding carboxylic acids is 2. The van der Waals surface area contributed by atoms with E-state index in [0.29, 0.717) is 32.7 Å². The van der Waals surface area contributed by atoms with Crippen LogP contribution in [0, 0.1) is 0 Å². The first-order valence-electron chi connectivity index (χ1n) is 9.13. The number of rotatable bonds is 7. The number of nitrogens with one attached hydrogen (secondary N) is 2. The van der Waals surface area contributed by atoms with Gasteiger partial charge in [0, 0.05) is 39.0 Å². The third-order valence-corrected chi connectivity index (χ3v) is 6.21. The van der Waals surface area contributed by atoms with Gasteiger partial charge in [-0.15, -0.1) is 0 Å². The highest BCUT2D eigenvalue weighted by Gasteiger charge is 2.25. The topological polar surface area (TPSA) is 105 Å². The van der Waals surface area contributed by atoms with E-state index in [4.69, 9.17) is 4.74 Å². The molecule has 0 radical (unpaired) electrons. The average molecular weight is 397 g/mol. The lowest BCUT2D eigenvalue weighted by Gasteiger charge is -2.20. The van der Waals surface area contributed by atoms with Gasteiger partial charge in [0.25, 0.3) is 0 Å². The smallest absolute Gasteiger partial charge is 0.313 e. The molecule has 1 aliphatic rings. The summed E-state index contributed by atoms with van der Waals surface area (Å²) in [5.74, 6) is -1.61.